The summed E-state index contributed by atoms with van der Waals surface area (Å²) in [7, 11) is 0. The predicted octanol–water partition coefficient (Wildman–Crippen LogP) is -1.71. The Morgan fingerprint density at radius 1 is 1.45 bits per heavy atom. The van der Waals surface area contributed by atoms with Crippen LogP contribution in [0, 0.1) is 0 Å². The highest BCUT2D eigenvalue weighted by Crippen LogP contribution is 2.04. The molecule has 4 heteroatoms. The van der Waals surface area contributed by atoms with Gasteiger partial charge >= 0.3 is 0 Å². The minimum atomic E-state index is -0.521. The second-order valence-electron chi connectivity index (χ2n) is 3.38. The van der Waals surface area contributed by atoms with Gasteiger partial charge in [-0.1, -0.05) is 0 Å². The quantitative estimate of drug-likeness (QED) is 0.395. The van der Waals surface area contributed by atoms with Gasteiger partial charge in [0.1, 0.15) is 0 Å². The van der Waals surface area contributed by atoms with Gasteiger partial charge in [-0.25, -0.2) is 0 Å². The maximum absolute atomic E-state index is 8.91. The number of nitrogens with one attached hydrogen (secondary N) is 2. The van der Waals surface area contributed by atoms with Crippen LogP contribution in [0.1, 0.15) is 6.92 Å². The summed E-state index contributed by atoms with van der Waals surface area (Å²) < 4.78 is 0. The molecule has 4 N–H and O–H groups in total. The molecule has 1 fully saturated rings. The molecule has 0 spiro atoms. The molecule has 0 unspecified atom stereocenters. The highest BCUT2D eigenvalue weighted by Gasteiger charge is 2.28. The zero-order valence-corrected chi connectivity index (χ0v) is 6.80. The van der Waals surface area contributed by atoms with E-state index in [0.29, 0.717) is 6.04 Å². The van der Waals surface area contributed by atoms with E-state index in [-0.39, 0.29) is 13.2 Å². The van der Waals surface area contributed by atoms with Crippen LogP contribution in [-0.2, 0) is 0 Å². The molecule has 4 nitrogen and oxygen atoms in total. The largest absolute Gasteiger partial charge is 0.394 e. The standard InChI is InChI=1S/C7H16N2O2/c1-7(4-10,5-11)9-6-2-8-3-6/h6,8-11H,2-5H2,1H3. The van der Waals surface area contributed by atoms with Crippen LogP contribution in [-0.4, -0.2) is 48.1 Å². The maximum Gasteiger partial charge on any atom is 0.0633 e. The molecule has 0 amide bonds. The molecule has 0 atom stereocenters. The first kappa shape index (κ1) is 8.93. The summed E-state index contributed by atoms with van der Waals surface area (Å²) in [6, 6.07) is 0.402. The Kier molecular flexibility index (Phi) is 2.84. The summed E-state index contributed by atoms with van der Waals surface area (Å²) in [6.07, 6.45) is 0. The van der Waals surface area contributed by atoms with E-state index < -0.39 is 5.54 Å². The van der Waals surface area contributed by atoms with E-state index in [1.165, 1.54) is 0 Å². The zero-order chi connectivity index (χ0) is 8.32. The van der Waals surface area contributed by atoms with E-state index in [2.05, 4.69) is 10.6 Å². The minimum absolute atomic E-state index is 0.0278. The van der Waals surface area contributed by atoms with Gasteiger partial charge in [-0.3, -0.25) is 0 Å². The molecule has 0 aromatic carbocycles. The minimum Gasteiger partial charge on any atom is -0.394 e. The Morgan fingerprint density at radius 2 is 2.00 bits per heavy atom. The van der Waals surface area contributed by atoms with Gasteiger partial charge in [0.15, 0.2) is 0 Å². The van der Waals surface area contributed by atoms with Gasteiger partial charge < -0.3 is 20.8 Å². The molecule has 1 aliphatic rings. The topological polar surface area (TPSA) is 64.5 Å². The van der Waals surface area contributed by atoms with Crippen LogP contribution >= 0.6 is 0 Å². The lowest BCUT2D eigenvalue weighted by molar-refractivity contribution is 0.0863. The summed E-state index contributed by atoms with van der Waals surface area (Å²) in [5.74, 6) is 0. The van der Waals surface area contributed by atoms with Gasteiger partial charge in [-0.05, 0) is 6.92 Å². The summed E-state index contributed by atoms with van der Waals surface area (Å²) in [6.45, 7) is 3.61. The molecule has 0 bridgehead atoms. The van der Waals surface area contributed by atoms with Gasteiger partial charge in [0.05, 0.1) is 18.8 Å². The van der Waals surface area contributed by atoms with E-state index >= 15 is 0 Å². The Bertz CT molecular complexity index is 122. The number of aliphatic hydroxyl groups excluding tert-OH is 2. The maximum atomic E-state index is 8.91. The fourth-order valence-corrected chi connectivity index (χ4v) is 1.02. The van der Waals surface area contributed by atoms with Crippen LogP contribution in [0.15, 0.2) is 0 Å². The van der Waals surface area contributed by atoms with E-state index in [4.69, 9.17) is 10.2 Å². The Labute approximate surface area is 66.6 Å². The Morgan fingerprint density at radius 3 is 2.27 bits per heavy atom. The average molecular weight is 160 g/mol. The molecular formula is C7H16N2O2. The fraction of sp³-hybridized carbons (Fsp3) is 1.00. The molecule has 11 heavy (non-hydrogen) atoms. The summed E-state index contributed by atoms with van der Waals surface area (Å²) in [4.78, 5) is 0. The lowest BCUT2D eigenvalue weighted by atomic mass is 10.0. The van der Waals surface area contributed by atoms with Crippen LogP contribution < -0.4 is 10.6 Å². The third-order valence-corrected chi connectivity index (χ3v) is 2.03. The molecular weight excluding hydrogens is 144 g/mol. The van der Waals surface area contributed by atoms with Crippen molar-refractivity contribution in [2.75, 3.05) is 26.3 Å². The van der Waals surface area contributed by atoms with Crippen molar-refractivity contribution in [2.24, 2.45) is 0 Å². The van der Waals surface area contributed by atoms with Crippen LogP contribution in [0.2, 0.25) is 0 Å². The van der Waals surface area contributed by atoms with Crippen molar-refractivity contribution >= 4 is 0 Å². The molecule has 0 aliphatic carbocycles. The van der Waals surface area contributed by atoms with E-state index in [9.17, 15) is 0 Å². The molecule has 0 saturated carbocycles. The van der Waals surface area contributed by atoms with Crippen molar-refractivity contribution < 1.29 is 10.2 Å². The molecule has 1 aliphatic heterocycles. The van der Waals surface area contributed by atoms with Crippen LogP contribution in [0.4, 0.5) is 0 Å². The second-order valence-corrected chi connectivity index (χ2v) is 3.38. The van der Waals surface area contributed by atoms with Crippen LogP contribution in [0.5, 0.6) is 0 Å². The third kappa shape index (κ3) is 2.13. The first-order chi connectivity index (χ1) is 5.20. The third-order valence-electron chi connectivity index (χ3n) is 2.03. The van der Waals surface area contributed by atoms with E-state index in [1.54, 1.807) is 0 Å². The van der Waals surface area contributed by atoms with E-state index in [1.807, 2.05) is 6.92 Å². The smallest absolute Gasteiger partial charge is 0.0633 e. The van der Waals surface area contributed by atoms with Gasteiger partial charge in [-0.2, -0.15) is 0 Å². The molecule has 0 radical (unpaired) electrons. The number of rotatable bonds is 4. The normalized spacial score (nSPS) is 19.9. The summed E-state index contributed by atoms with van der Waals surface area (Å²) in [5.41, 5.74) is -0.521. The van der Waals surface area contributed by atoms with Crippen molar-refractivity contribution in [3.8, 4) is 0 Å². The monoisotopic (exact) mass is 160 g/mol. The highest BCUT2D eigenvalue weighted by molar-refractivity contribution is 4.91. The van der Waals surface area contributed by atoms with Gasteiger partial charge in [-0.15, -0.1) is 0 Å². The Hall–Kier alpha value is -0.160. The lowest BCUT2D eigenvalue weighted by Crippen LogP contribution is -2.64. The fourth-order valence-electron chi connectivity index (χ4n) is 1.02. The van der Waals surface area contributed by atoms with Crippen molar-refractivity contribution in [3.05, 3.63) is 0 Å². The molecule has 0 aromatic rings. The summed E-state index contributed by atoms with van der Waals surface area (Å²) >= 11 is 0. The number of aliphatic hydroxyl groups is 2. The first-order valence-electron chi connectivity index (χ1n) is 3.90. The number of hydrogen-bond acceptors (Lipinski definition) is 4. The highest BCUT2D eigenvalue weighted by atomic mass is 16.3. The van der Waals surface area contributed by atoms with Crippen molar-refractivity contribution in [1.29, 1.82) is 0 Å². The molecule has 66 valence electrons. The molecule has 1 rings (SSSR count). The Balaban J connectivity index is 2.29. The lowest BCUT2D eigenvalue weighted by Gasteiger charge is -2.37. The van der Waals surface area contributed by atoms with Crippen LogP contribution in [0.3, 0.4) is 0 Å². The second kappa shape index (κ2) is 3.49. The van der Waals surface area contributed by atoms with Gasteiger partial charge in [0.25, 0.3) is 0 Å². The summed E-state index contributed by atoms with van der Waals surface area (Å²) in [5, 5.41) is 24.1. The number of hydrogen-bond donors (Lipinski definition) is 4. The molecule has 0 aromatic heterocycles. The average Bonchev–Trinajstić information content (AvgIpc) is 1.97. The van der Waals surface area contributed by atoms with Gasteiger partial charge in [0, 0.05) is 19.1 Å². The van der Waals surface area contributed by atoms with E-state index in [0.717, 1.165) is 13.1 Å². The zero-order valence-electron chi connectivity index (χ0n) is 6.80. The molecule has 1 heterocycles. The van der Waals surface area contributed by atoms with Crippen LogP contribution in [0.25, 0.3) is 0 Å². The first-order valence-corrected chi connectivity index (χ1v) is 3.90. The van der Waals surface area contributed by atoms with Crippen molar-refractivity contribution in [3.63, 3.8) is 0 Å². The van der Waals surface area contributed by atoms with Crippen molar-refractivity contribution in [2.45, 2.75) is 18.5 Å². The predicted molar refractivity (Wildman–Crippen MR) is 42.4 cm³/mol. The molecule has 1 saturated heterocycles. The van der Waals surface area contributed by atoms with Gasteiger partial charge in [0.2, 0.25) is 0 Å². The van der Waals surface area contributed by atoms with Crippen molar-refractivity contribution in [1.82, 2.24) is 10.6 Å². The SMILES string of the molecule is CC(CO)(CO)NC1CNC1.